The second-order valence-corrected chi connectivity index (χ2v) is 7.00. The van der Waals surface area contributed by atoms with E-state index in [0.29, 0.717) is 24.2 Å². The quantitative estimate of drug-likeness (QED) is 0.897. The predicted molar refractivity (Wildman–Crippen MR) is 93.7 cm³/mol. The van der Waals surface area contributed by atoms with Crippen LogP contribution in [0, 0.1) is 11.8 Å². The highest BCUT2D eigenvalue weighted by Gasteiger charge is 2.34. The van der Waals surface area contributed by atoms with Gasteiger partial charge in [-0.05, 0) is 42.7 Å². The van der Waals surface area contributed by atoms with Crippen LogP contribution in [0.1, 0.15) is 38.5 Å². The maximum absolute atomic E-state index is 12.6. The Morgan fingerprint density at radius 2 is 2.09 bits per heavy atom. The summed E-state index contributed by atoms with van der Waals surface area (Å²) >= 11 is 5.94. The highest BCUT2D eigenvalue weighted by atomic mass is 35.5. The van der Waals surface area contributed by atoms with E-state index < -0.39 is 6.04 Å². The van der Waals surface area contributed by atoms with Gasteiger partial charge in [0.05, 0.1) is 6.04 Å². The second kappa shape index (κ2) is 8.36. The smallest absolute Gasteiger partial charge is 0.239 e. The van der Waals surface area contributed by atoms with Crippen molar-refractivity contribution >= 4 is 29.9 Å². The highest BCUT2D eigenvalue weighted by molar-refractivity contribution is 6.28. The average molecular weight is 361 g/mol. The fraction of sp³-hybridized carbons (Fsp3) is 0.750. The van der Waals surface area contributed by atoms with Gasteiger partial charge in [0.25, 0.3) is 0 Å². The summed E-state index contributed by atoms with van der Waals surface area (Å²) in [6, 6.07) is -0.446. The van der Waals surface area contributed by atoms with Gasteiger partial charge in [0.15, 0.2) is 0 Å². The number of nitrogens with zero attached hydrogens (tertiary/aromatic N) is 3. The molecule has 0 radical (unpaired) electrons. The van der Waals surface area contributed by atoms with Gasteiger partial charge >= 0.3 is 0 Å². The number of carbonyl (C=O) groups is 1. The lowest BCUT2D eigenvalue weighted by atomic mass is 9.75. The zero-order chi connectivity index (χ0) is 15.5. The minimum absolute atomic E-state index is 0. The number of piperidine rings is 1. The summed E-state index contributed by atoms with van der Waals surface area (Å²) in [6.45, 7) is 2.41. The van der Waals surface area contributed by atoms with Gasteiger partial charge in [-0.2, -0.15) is 0 Å². The summed E-state index contributed by atoms with van der Waals surface area (Å²) in [6.07, 6.45) is 10.5. The Kier molecular flexibility index (Phi) is 6.74. The van der Waals surface area contributed by atoms with Crippen molar-refractivity contribution in [3.63, 3.8) is 0 Å². The number of fused-ring (bicyclic) bond motifs is 1. The van der Waals surface area contributed by atoms with Crippen molar-refractivity contribution in [1.82, 2.24) is 14.5 Å². The maximum Gasteiger partial charge on any atom is 0.239 e. The molecular formula is C16H26Cl2N4O. The Morgan fingerprint density at radius 1 is 1.35 bits per heavy atom. The van der Waals surface area contributed by atoms with Crippen molar-refractivity contribution in [1.29, 1.82) is 0 Å². The van der Waals surface area contributed by atoms with E-state index >= 15 is 0 Å². The van der Waals surface area contributed by atoms with Gasteiger partial charge in [0.2, 0.25) is 11.2 Å². The molecule has 5 nitrogen and oxygen atoms in total. The Hall–Kier alpha value is -0.780. The molecule has 0 spiro atoms. The highest BCUT2D eigenvalue weighted by Crippen LogP contribution is 2.36. The molecule has 3 rings (SSSR count). The van der Waals surface area contributed by atoms with E-state index in [9.17, 15) is 4.79 Å². The lowest BCUT2D eigenvalue weighted by molar-refractivity contribution is -0.135. The van der Waals surface area contributed by atoms with E-state index in [0.717, 1.165) is 25.4 Å². The molecule has 1 unspecified atom stereocenters. The van der Waals surface area contributed by atoms with Crippen LogP contribution in [0.2, 0.25) is 5.28 Å². The van der Waals surface area contributed by atoms with E-state index in [4.69, 9.17) is 17.3 Å². The largest absolute Gasteiger partial charge is 0.341 e. The SMILES string of the molecule is Cl.NC(CCn1ccnc1Cl)C(=O)N1CC[C@@H]2CCCC[C@H]2C1. The first-order chi connectivity index (χ1) is 10.6. The summed E-state index contributed by atoms with van der Waals surface area (Å²) in [4.78, 5) is 18.5. The zero-order valence-corrected chi connectivity index (χ0v) is 14.9. The molecule has 3 atom stereocenters. The van der Waals surface area contributed by atoms with Crippen LogP contribution >= 0.6 is 24.0 Å². The number of halogens is 2. The third kappa shape index (κ3) is 4.40. The molecule has 0 bridgehead atoms. The fourth-order valence-electron chi connectivity index (χ4n) is 3.91. The molecule has 2 heterocycles. The zero-order valence-electron chi connectivity index (χ0n) is 13.4. The molecule has 7 heteroatoms. The maximum atomic E-state index is 12.6. The van der Waals surface area contributed by atoms with Crippen LogP contribution in [-0.4, -0.2) is 39.5 Å². The van der Waals surface area contributed by atoms with Gasteiger partial charge in [-0.15, -0.1) is 12.4 Å². The van der Waals surface area contributed by atoms with Crippen LogP contribution in [0.25, 0.3) is 0 Å². The van der Waals surface area contributed by atoms with Crippen molar-refractivity contribution in [2.75, 3.05) is 13.1 Å². The number of nitrogens with two attached hydrogens (primary N) is 1. The first kappa shape index (κ1) is 18.6. The minimum Gasteiger partial charge on any atom is -0.341 e. The molecule has 1 amide bonds. The van der Waals surface area contributed by atoms with Crippen LogP contribution in [0.3, 0.4) is 0 Å². The van der Waals surface area contributed by atoms with E-state index in [2.05, 4.69) is 4.98 Å². The number of hydrogen-bond donors (Lipinski definition) is 1. The molecule has 0 aromatic carbocycles. The molecule has 2 N–H and O–H groups in total. The summed E-state index contributed by atoms with van der Waals surface area (Å²) in [5.41, 5.74) is 6.11. The average Bonchev–Trinajstić information content (AvgIpc) is 2.96. The Balaban J connectivity index is 0.00000192. The van der Waals surface area contributed by atoms with Crippen molar-refractivity contribution in [2.45, 2.75) is 51.1 Å². The van der Waals surface area contributed by atoms with Crippen LogP contribution in [0.4, 0.5) is 0 Å². The number of likely N-dealkylation sites (tertiary alicyclic amines) is 1. The van der Waals surface area contributed by atoms with Gasteiger partial charge in [0, 0.05) is 32.0 Å². The van der Waals surface area contributed by atoms with Gasteiger partial charge in [-0.25, -0.2) is 4.98 Å². The molecule has 1 aliphatic heterocycles. The minimum atomic E-state index is -0.446. The van der Waals surface area contributed by atoms with Crippen LogP contribution < -0.4 is 5.73 Å². The summed E-state index contributed by atoms with van der Waals surface area (Å²) in [7, 11) is 0. The first-order valence-electron chi connectivity index (χ1n) is 8.36. The normalized spacial score (nSPS) is 25.4. The summed E-state index contributed by atoms with van der Waals surface area (Å²) in [5.74, 6) is 1.63. The van der Waals surface area contributed by atoms with Crippen molar-refractivity contribution in [2.24, 2.45) is 17.6 Å². The molecule has 130 valence electrons. The van der Waals surface area contributed by atoms with E-state index in [1.54, 1.807) is 6.20 Å². The first-order valence-corrected chi connectivity index (χ1v) is 8.74. The van der Waals surface area contributed by atoms with E-state index in [-0.39, 0.29) is 18.3 Å². The molecule has 2 fully saturated rings. The third-order valence-electron chi connectivity index (χ3n) is 5.27. The lowest BCUT2D eigenvalue weighted by Gasteiger charge is -2.42. The number of aromatic nitrogens is 2. The second-order valence-electron chi connectivity index (χ2n) is 6.66. The Labute approximate surface area is 149 Å². The Morgan fingerprint density at radius 3 is 2.78 bits per heavy atom. The van der Waals surface area contributed by atoms with Crippen molar-refractivity contribution in [3.05, 3.63) is 17.7 Å². The molecule has 23 heavy (non-hydrogen) atoms. The number of rotatable bonds is 4. The molecular weight excluding hydrogens is 335 g/mol. The molecule has 2 aliphatic rings. The number of amides is 1. The fourth-order valence-corrected chi connectivity index (χ4v) is 4.11. The summed E-state index contributed by atoms with van der Waals surface area (Å²) < 4.78 is 1.82. The Bertz CT molecular complexity index is 522. The van der Waals surface area contributed by atoms with Gasteiger partial charge in [-0.1, -0.05) is 19.3 Å². The van der Waals surface area contributed by atoms with Gasteiger partial charge in [0.1, 0.15) is 0 Å². The van der Waals surface area contributed by atoms with Crippen LogP contribution in [-0.2, 0) is 11.3 Å². The monoisotopic (exact) mass is 360 g/mol. The molecule has 1 saturated carbocycles. The number of hydrogen-bond acceptors (Lipinski definition) is 3. The molecule has 1 aromatic rings. The van der Waals surface area contributed by atoms with Crippen LogP contribution in [0.5, 0.6) is 0 Å². The van der Waals surface area contributed by atoms with Crippen LogP contribution in [0.15, 0.2) is 12.4 Å². The topological polar surface area (TPSA) is 64.2 Å². The number of aryl methyl sites for hydroxylation is 1. The third-order valence-corrected chi connectivity index (χ3v) is 5.58. The summed E-state index contributed by atoms with van der Waals surface area (Å²) in [5, 5.41) is 0.447. The number of imidazole rings is 1. The van der Waals surface area contributed by atoms with Gasteiger partial charge < -0.3 is 15.2 Å². The van der Waals surface area contributed by atoms with Crippen molar-refractivity contribution in [3.8, 4) is 0 Å². The molecule has 1 saturated heterocycles. The standard InChI is InChI=1S/C16H25ClN4O.ClH/c17-16-19-7-10-20(16)9-6-14(18)15(22)21-8-5-12-3-1-2-4-13(12)11-21;/h7,10,12-14H,1-6,8-9,11,18H2;1H/t12-,13-,14?;/m0./s1. The van der Waals surface area contributed by atoms with Gasteiger partial charge in [-0.3, -0.25) is 4.79 Å². The number of carbonyl (C=O) groups excluding carboxylic acids is 1. The van der Waals surface area contributed by atoms with Crippen molar-refractivity contribution < 1.29 is 4.79 Å². The lowest BCUT2D eigenvalue weighted by Crippen LogP contribution is -2.50. The molecule has 1 aliphatic carbocycles. The molecule has 1 aromatic heterocycles. The van der Waals surface area contributed by atoms with E-state index in [1.807, 2.05) is 15.7 Å². The predicted octanol–water partition coefficient (Wildman–Crippen LogP) is 2.71. The van der Waals surface area contributed by atoms with E-state index in [1.165, 1.54) is 25.7 Å².